The third kappa shape index (κ3) is 7.03. The van der Waals surface area contributed by atoms with Crippen molar-refractivity contribution in [2.24, 2.45) is 11.8 Å². The number of hydrogen-bond acceptors (Lipinski definition) is 5. The molecule has 1 aromatic heterocycles. The van der Waals surface area contributed by atoms with Crippen LogP contribution in [-0.4, -0.2) is 87.4 Å². The van der Waals surface area contributed by atoms with E-state index in [1.807, 2.05) is 34.9 Å². The molecule has 0 aliphatic carbocycles. The number of urea groups is 1. The van der Waals surface area contributed by atoms with E-state index in [9.17, 15) is 19.1 Å². The molecule has 3 aliphatic heterocycles. The molecule has 12 heteroatoms. The van der Waals surface area contributed by atoms with E-state index in [0.717, 1.165) is 43.0 Å². The zero-order chi connectivity index (χ0) is 33.1. The summed E-state index contributed by atoms with van der Waals surface area (Å²) in [6.45, 7) is 4.04. The van der Waals surface area contributed by atoms with E-state index in [4.69, 9.17) is 4.98 Å². The number of piperidine rings is 2. The second kappa shape index (κ2) is 14.5. The average molecular weight is 653 g/mol. The molecule has 0 saturated carbocycles. The monoisotopic (exact) mass is 652 g/mol. The summed E-state index contributed by atoms with van der Waals surface area (Å²) >= 11 is 0. The third-order valence-electron chi connectivity index (χ3n) is 9.90. The highest BCUT2D eigenvalue weighted by atomic mass is 19.1. The van der Waals surface area contributed by atoms with Gasteiger partial charge >= 0.3 is 6.03 Å². The summed E-state index contributed by atoms with van der Waals surface area (Å²) < 4.78 is 46.4. The number of nitrogens with one attached hydrogen (secondary N) is 2. The number of amides is 3. The Kier molecular flexibility index (Phi) is 10.2. The van der Waals surface area contributed by atoms with Gasteiger partial charge in [0.2, 0.25) is 0 Å². The average Bonchev–Trinajstić information content (AvgIpc) is 3.66. The van der Waals surface area contributed by atoms with Gasteiger partial charge < -0.3 is 30.1 Å². The maximum Gasteiger partial charge on any atom is 0.317 e. The van der Waals surface area contributed by atoms with Gasteiger partial charge in [-0.25, -0.2) is 22.9 Å². The van der Waals surface area contributed by atoms with E-state index in [-0.39, 0.29) is 36.3 Å². The fourth-order valence-electron chi connectivity index (χ4n) is 7.34. The van der Waals surface area contributed by atoms with Gasteiger partial charge in [-0.15, -0.1) is 0 Å². The topological polar surface area (TPSA) is 103 Å². The van der Waals surface area contributed by atoms with Gasteiger partial charge in [0.25, 0.3) is 5.91 Å². The normalized spacial score (nSPS) is 24.0. The van der Waals surface area contributed by atoms with Crippen molar-refractivity contribution in [1.82, 2.24) is 30.0 Å². The predicted octanol–water partition coefficient (Wildman–Crippen LogP) is 4.66. The SMILES string of the molecule is CCCCCNC(=O)N1CCC([C@H](c2nc(-c3cc(F)ccc3F)cn2Cc2ccccc2)N2C[C@@H]3C(NC[C@@H]3F)[C@H](O)C2=O)CC1. The molecule has 252 valence electrons. The number of benzene rings is 2. The van der Waals surface area contributed by atoms with Crippen molar-refractivity contribution in [2.75, 3.05) is 32.7 Å². The number of likely N-dealkylation sites (tertiary alicyclic amines) is 2. The van der Waals surface area contributed by atoms with Crippen molar-refractivity contribution in [3.05, 3.63) is 77.8 Å². The molecular formula is C35H43F3N6O3. The number of unbranched alkanes of at least 4 members (excludes halogenated alkanes) is 2. The van der Waals surface area contributed by atoms with Crippen molar-refractivity contribution in [1.29, 1.82) is 0 Å². The molecule has 3 N–H and O–H groups in total. The van der Waals surface area contributed by atoms with Gasteiger partial charge in [-0.3, -0.25) is 4.79 Å². The molecular weight excluding hydrogens is 609 g/mol. The van der Waals surface area contributed by atoms with E-state index in [0.29, 0.717) is 44.8 Å². The summed E-state index contributed by atoms with van der Waals surface area (Å²) in [5.41, 5.74) is 1.12. The van der Waals surface area contributed by atoms with Crippen LogP contribution in [-0.2, 0) is 11.3 Å². The molecule has 3 saturated heterocycles. The van der Waals surface area contributed by atoms with Crippen LogP contribution in [0.4, 0.5) is 18.0 Å². The number of aliphatic hydroxyl groups excluding tert-OH is 1. The Morgan fingerprint density at radius 3 is 2.64 bits per heavy atom. The molecule has 3 fully saturated rings. The first kappa shape index (κ1) is 33.0. The standard InChI is InChI=1S/C35H43F3N6O3/c1-2-3-7-14-39-35(47)42-15-12-23(13-16-42)31(44-20-26-28(38)18-40-30(26)32(45)34(44)46)33-41-29(25-17-24(36)10-11-27(25)37)21-43(33)19-22-8-5-4-6-9-22/h4-6,8-11,17,21,23,26,28,30-32,40,45H,2-3,7,12-16,18-20H2,1H3,(H,39,47)/t26-,28-,30?,31+,32-/m0/s1. The number of rotatable bonds is 10. The van der Waals surface area contributed by atoms with Crippen LogP contribution >= 0.6 is 0 Å². The maximum absolute atomic E-state index is 15.1. The van der Waals surface area contributed by atoms with Crippen molar-refractivity contribution >= 4 is 11.9 Å². The molecule has 2 aromatic carbocycles. The van der Waals surface area contributed by atoms with Crippen molar-refractivity contribution < 1.29 is 27.9 Å². The third-order valence-corrected chi connectivity index (χ3v) is 9.90. The number of carbonyl (C=O) groups is 2. The molecule has 5 atom stereocenters. The zero-order valence-electron chi connectivity index (χ0n) is 26.6. The zero-order valence-corrected chi connectivity index (χ0v) is 26.6. The summed E-state index contributed by atoms with van der Waals surface area (Å²) in [6, 6.07) is 11.3. The molecule has 9 nitrogen and oxygen atoms in total. The van der Waals surface area contributed by atoms with E-state index in [1.165, 1.54) is 0 Å². The smallest absolute Gasteiger partial charge is 0.317 e. The molecule has 6 rings (SSSR count). The lowest BCUT2D eigenvalue weighted by atomic mass is 9.83. The van der Waals surface area contributed by atoms with Gasteiger partial charge in [0, 0.05) is 63.0 Å². The first-order chi connectivity index (χ1) is 22.7. The van der Waals surface area contributed by atoms with E-state index >= 15 is 8.78 Å². The van der Waals surface area contributed by atoms with Crippen LogP contribution in [0, 0.1) is 23.5 Å². The number of alkyl halides is 1. The Morgan fingerprint density at radius 1 is 1.13 bits per heavy atom. The number of fused-ring (bicyclic) bond motifs is 1. The molecule has 3 aromatic rings. The van der Waals surface area contributed by atoms with Crippen molar-refractivity contribution in [2.45, 2.75) is 69.9 Å². The Morgan fingerprint density at radius 2 is 1.89 bits per heavy atom. The molecule has 0 spiro atoms. The number of imidazole rings is 1. The van der Waals surface area contributed by atoms with Crippen LogP contribution in [0.1, 0.15) is 56.5 Å². The minimum absolute atomic E-state index is 0.0136. The highest BCUT2D eigenvalue weighted by Gasteiger charge is 2.52. The Balaban J connectivity index is 1.37. The number of carbonyl (C=O) groups excluding carboxylic acids is 2. The number of nitrogens with zero attached hydrogens (tertiary/aromatic N) is 4. The summed E-state index contributed by atoms with van der Waals surface area (Å²) in [5.74, 6) is -2.16. The van der Waals surface area contributed by atoms with Gasteiger partial charge in [-0.2, -0.15) is 0 Å². The quantitative estimate of drug-likeness (QED) is 0.277. The van der Waals surface area contributed by atoms with Gasteiger partial charge in [0.1, 0.15) is 29.7 Å². The van der Waals surface area contributed by atoms with Crippen LogP contribution in [0.3, 0.4) is 0 Å². The lowest BCUT2D eigenvalue weighted by Crippen LogP contribution is -2.60. The fourth-order valence-corrected chi connectivity index (χ4v) is 7.34. The van der Waals surface area contributed by atoms with Gasteiger partial charge in [0.05, 0.1) is 11.7 Å². The minimum Gasteiger partial charge on any atom is -0.382 e. The predicted molar refractivity (Wildman–Crippen MR) is 171 cm³/mol. The summed E-state index contributed by atoms with van der Waals surface area (Å²) in [5, 5.41) is 17.1. The van der Waals surface area contributed by atoms with Crippen LogP contribution in [0.5, 0.6) is 0 Å². The maximum atomic E-state index is 15.1. The first-order valence-corrected chi connectivity index (χ1v) is 16.7. The lowest BCUT2D eigenvalue weighted by Gasteiger charge is -2.46. The van der Waals surface area contributed by atoms with E-state index < -0.39 is 47.8 Å². The Hall–Kier alpha value is -3.90. The molecule has 0 radical (unpaired) electrons. The number of hydrogen-bond donors (Lipinski definition) is 3. The fraction of sp³-hybridized carbons (Fsp3) is 0.514. The van der Waals surface area contributed by atoms with Gasteiger partial charge in [-0.05, 0) is 48.9 Å². The molecule has 3 aliphatic rings. The number of aromatic nitrogens is 2. The number of halogens is 3. The Labute approximate surface area is 273 Å². The molecule has 4 heterocycles. The minimum atomic E-state index is -1.44. The van der Waals surface area contributed by atoms with Crippen LogP contribution < -0.4 is 10.6 Å². The van der Waals surface area contributed by atoms with Crippen LogP contribution in [0.15, 0.2) is 54.7 Å². The lowest BCUT2D eigenvalue weighted by molar-refractivity contribution is -0.154. The largest absolute Gasteiger partial charge is 0.382 e. The second-order valence-electron chi connectivity index (χ2n) is 13.0. The first-order valence-electron chi connectivity index (χ1n) is 16.7. The summed E-state index contributed by atoms with van der Waals surface area (Å²) in [4.78, 5) is 35.0. The summed E-state index contributed by atoms with van der Waals surface area (Å²) in [6.07, 6.45) is 3.03. The van der Waals surface area contributed by atoms with Crippen molar-refractivity contribution in [3.8, 4) is 11.3 Å². The van der Waals surface area contributed by atoms with Gasteiger partial charge in [0.15, 0.2) is 0 Å². The highest BCUT2D eigenvalue weighted by molar-refractivity contribution is 5.83. The van der Waals surface area contributed by atoms with Gasteiger partial charge in [-0.1, -0.05) is 50.1 Å². The van der Waals surface area contributed by atoms with Crippen LogP contribution in [0.2, 0.25) is 0 Å². The molecule has 47 heavy (non-hydrogen) atoms. The molecule has 3 amide bonds. The molecule has 0 bridgehead atoms. The summed E-state index contributed by atoms with van der Waals surface area (Å²) in [7, 11) is 0. The Bertz CT molecular complexity index is 1550. The molecule has 1 unspecified atom stereocenters. The second-order valence-corrected chi connectivity index (χ2v) is 13.0. The van der Waals surface area contributed by atoms with Crippen LogP contribution in [0.25, 0.3) is 11.3 Å². The van der Waals surface area contributed by atoms with E-state index in [1.54, 1.807) is 16.0 Å². The van der Waals surface area contributed by atoms with E-state index in [2.05, 4.69) is 17.6 Å². The van der Waals surface area contributed by atoms with Crippen molar-refractivity contribution in [3.63, 3.8) is 0 Å². The number of aliphatic hydroxyl groups is 1. The highest BCUT2D eigenvalue weighted by Crippen LogP contribution is 2.41.